The second-order valence-corrected chi connectivity index (χ2v) is 7.54. The maximum Gasteiger partial charge on any atom is 0.0552 e. The molecule has 1 aromatic heterocycles. The number of hydrogen-bond acceptors (Lipinski definition) is 3. The molecule has 3 nitrogen and oxygen atoms in total. The van der Waals surface area contributed by atoms with Gasteiger partial charge in [0, 0.05) is 31.4 Å². The molecule has 0 aromatic carbocycles. The summed E-state index contributed by atoms with van der Waals surface area (Å²) in [6.45, 7) is 12.0. The van der Waals surface area contributed by atoms with Crippen molar-refractivity contribution in [2.75, 3.05) is 31.1 Å². The van der Waals surface area contributed by atoms with Crippen molar-refractivity contribution in [2.45, 2.75) is 45.6 Å². The van der Waals surface area contributed by atoms with Crippen LogP contribution >= 0.6 is 0 Å². The summed E-state index contributed by atoms with van der Waals surface area (Å²) in [4.78, 5) is 9.41. The van der Waals surface area contributed by atoms with E-state index in [2.05, 4.69) is 41.6 Å². The van der Waals surface area contributed by atoms with E-state index in [9.17, 15) is 0 Å². The van der Waals surface area contributed by atoms with E-state index in [-0.39, 0.29) is 0 Å². The van der Waals surface area contributed by atoms with Crippen molar-refractivity contribution < 1.29 is 0 Å². The standard InChI is InChI=1S/C17H27N3/c1-16(2,3)20-12-8-17(14-20)6-10-19(11-7-17)15-5-4-9-18-13-15/h4-5,9,13H,6-8,10-12,14H2,1-3H3. The lowest BCUT2D eigenvalue weighted by atomic mass is 9.77. The van der Waals surface area contributed by atoms with Crippen LogP contribution in [0.5, 0.6) is 0 Å². The first kappa shape index (κ1) is 13.9. The van der Waals surface area contributed by atoms with Gasteiger partial charge in [-0.3, -0.25) is 9.88 Å². The first-order valence-corrected chi connectivity index (χ1v) is 7.89. The number of likely N-dealkylation sites (tertiary alicyclic amines) is 1. The topological polar surface area (TPSA) is 19.4 Å². The van der Waals surface area contributed by atoms with Gasteiger partial charge in [-0.05, 0) is 64.1 Å². The lowest BCUT2D eigenvalue weighted by Crippen LogP contribution is -2.45. The molecular weight excluding hydrogens is 246 g/mol. The second-order valence-electron chi connectivity index (χ2n) is 7.54. The molecule has 110 valence electrons. The Labute approximate surface area is 123 Å². The van der Waals surface area contributed by atoms with Crippen LogP contribution in [0.4, 0.5) is 5.69 Å². The molecule has 3 rings (SSSR count). The fraction of sp³-hybridized carbons (Fsp3) is 0.706. The van der Waals surface area contributed by atoms with Gasteiger partial charge in [0.05, 0.1) is 11.9 Å². The highest BCUT2D eigenvalue weighted by molar-refractivity contribution is 5.44. The molecule has 0 N–H and O–H groups in total. The second kappa shape index (κ2) is 5.03. The lowest BCUT2D eigenvalue weighted by Gasteiger charge is -2.41. The zero-order valence-corrected chi connectivity index (χ0v) is 13.1. The third kappa shape index (κ3) is 2.69. The van der Waals surface area contributed by atoms with Gasteiger partial charge in [-0.15, -0.1) is 0 Å². The molecule has 0 aliphatic carbocycles. The maximum absolute atomic E-state index is 4.24. The lowest BCUT2D eigenvalue weighted by molar-refractivity contribution is 0.135. The first-order valence-electron chi connectivity index (χ1n) is 7.89. The predicted molar refractivity (Wildman–Crippen MR) is 84.1 cm³/mol. The van der Waals surface area contributed by atoms with Crippen molar-refractivity contribution in [2.24, 2.45) is 5.41 Å². The maximum atomic E-state index is 4.24. The van der Waals surface area contributed by atoms with E-state index in [0.717, 1.165) is 0 Å². The molecule has 1 aromatic rings. The normalized spacial score (nSPS) is 23.4. The van der Waals surface area contributed by atoms with E-state index in [1.807, 2.05) is 18.5 Å². The predicted octanol–water partition coefficient (Wildman–Crippen LogP) is 3.17. The highest BCUT2D eigenvalue weighted by atomic mass is 15.2. The molecule has 0 saturated carbocycles. The first-order chi connectivity index (χ1) is 9.49. The van der Waals surface area contributed by atoms with Crippen LogP contribution < -0.4 is 4.90 Å². The molecule has 1 spiro atoms. The minimum absolute atomic E-state index is 0.323. The zero-order chi connectivity index (χ0) is 14.2. The molecule has 0 radical (unpaired) electrons. The van der Waals surface area contributed by atoms with Crippen LogP contribution in [0.15, 0.2) is 24.5 Å². The van der Waals surface area contributed by atoms with Crippen molar-refractivity contribution in [3.8, 4) is 0 Å². The molecule has 2 aliphatic rings. The number of piperidine rings is 1. The molecule has 2 aliphatic heterocycles. The van der Waals surface area contributed by atoms with Gasteiger partial charge in [0.15, 0.2) is 0 Å². The average Bonchev–Trinajstić information content (AvgIpc) is 2.85. The summed E-state index contributed by atoms with van der Waals surface area (Å²) < 4.78 is 0. The van der Waals surface area contributed by atoms with Crippen LogP contribution in [0.25, 0.3) is 0 Å². The highest BCUT2D eigenvalue weighted by Gasteiger charge is 2.43. The van der Waals surface area contributed by atoms with Crippen molar-refractivity contribution in [1.29, 1.82) is 0 Å². The molecule has 2 saturated heterocycles. The Hall–Kier alpha value is -1.09. The van der Waals surface area contributed by atoms with Gasteiger partial charge < -0.3 is 4.90 Å². The monoisotopic (exact) mass is 273 g/mol. The van der Waals surface area contributed by atoms with Crippen LogP contribution in [-0.4, -0.2) is 41.6 Å². The van der Waals surface area contributed by atoms with Crippen LogP contribution in [0.3, 0.4) is 0 Å². The Morgan fingerprint density at radius 3 is 2.35 bits per heavy atom. The molecule has 20 heavy (non-hydrogen) atoms. The van der Waals surface area contributed by atoms with Crippen molar-refractivity contribution in [3.63, 3.8) is 0 Å². The Bertz CT molecular complexity index is 441. The van der Waals surface area contributed by atoms with Gasteiger partial charge in [-0.2, -0.15) is 0 Å². The molecule has 3 heterocycles. The SMILES string of the molecule is CC(C)(C)N1CCC2(CCN(c3cccnc3)CC2)C1. The number of pyridine rings is 1. The summed E-state index contributed by atoms with van der Waals surface area (Å²) >= 11 is 0. The van der Waals surface area contributed by atoms with Gasteiger partial charge in [0.2, 0.25) is 0 Å². The number of anilines is 1. The summed E-state index contributed by atoms with van der Waals surface area (Å²) in [7, 11) is 0. The van der Waals surface area contributed by atoms with Gasteiger partial charge in [0.25, 0.3) is 0 Å². The van der Waals surface area contributed by atoms with Gasteiger partial charge in [-0.1, -0.05) is 0 Å². The summed E-state index contributed by atoms with van der Waals surface area (Å²) in [5, 5.41) is 0. The molecule has 0 atom stereocenters. The fourth-order valence-electron chi connectivity index (χ4n) is 3.70. The number of nitrogens with zero attached hydrogens (tertiary/aromatic N) is 3. The molecule has 0 unspecified atom stereocenters. The zero-order valence-electron chi connectivity index (χ0n) is 13.1. The van der Waals surface area contributed by atoms with Crippen LogP contribution in [-0.2, 0) is 0 Å². The smallest absolute Gasteiger partial charge is 0.0552 e. The van der Waals surface area contributed by atoms with Crippen LogP contribution in [0.2, 0.25) is 0 Å². The summed E-state index contributed by atoms with van der Waals surface area (Å²) in [5.74, 6) is 0. The van der Waals surface area contributed by atoms with E-state index in [0.29, 0.717) is 11.0 Å². The number of rotatable bonds is 1. The Balaban J connectivity index is 1.62. The van der Waals surface area contributed by atoms with Crippen molar-refractivity contribution >= 4 is 5.69 Å². The summed E-state index contributed by atoms with van der Waals surface area (Å²) in [5.41, 5.74) is 2.18. The quantitative estimate of drug-likeness (QED) is 0.783. The Morgan fingerprint density at radius 2 is 1.80 bits per heavy atom. The van der Waals surface area contributed by atoms with Crippen molar-refractivity contribution in [3.05, 3.63) is 24.5 Å². The average molecular weight is 273 g/mol. The molecule has 3 heteroatoms. The fourth-order valence-corrected chi connectivity index (χ4v) is 3.70. The minimum atomic E-state index is 0.323. The highest BCUT2D eigenvalue weighted by Crippen LogP contribution is 2.43. The Kier molecular flexibility index (Phi) is 3.49. The van der Waals surface area contributed by atoms with E-state index < -0.39 is 0 Å². The van der Waals surface area contributed by atoms with E-state index in [1.165, 1.54) is 51.1 Å². The minimum Gasteiger partial charge on any atom is -0.370 e. The Morgan fingerprint density at radius 1 is 1.10 bits per heavy atom. The number of aromatic nitrogens is 1. The van der Waals surface area contributed by atoms with Gasteiger partial charge in [0.1, 0.15) is 0 Å². The van der Waals surface area contributed by atoms with Crippen LogP contribution in [0, 0.1) is 5.41 Å². The van der Waals surface area contributed by atoms with Gasteiger partial charge >= 0.3 is 0 Å². The van der Waals surface area contributed by atoms with Crippen LogP contribution in [0.1, 0.15) is 40.0 Å². The number of hydrogen-bond donors (Lipinski definition) is 0. The molecule has 2 fully saturated rings. The third-order valence-corrected chi connectivity index (χ3v) is 5.22. The summed E-state index contributed by atoms with van der Waals surface area (Å²) in [6.07, 6.45) is 7.88. The molecule has 0 bridgehead atoms. The van der Waals surface area contributed by atoms with Crippen molar-refractivity contribution in [1.82, 2.24) is 9.88 Å². The van der Waals surface area contributed by atoms with Gasteiger partial charge in [-0.25, -0.2) is 0 Å². The third-order valence-electron chi connectivity index (χ3n) is 5.22. The largest absolute Gasteiger partial charge is 0.370 e. The summed E-state index contributed by atoms with van der Waals surface area (Å²) in [6, 6.07) is 4.22. The van der Waals surface area contributed by atoms with E-state index >= 15 is 0 Å². The van der Waals surface area contributed by atoms with E-state index in [1.54, 1.807) is 0 Å². The van der Waals surface area contributed by atoms with E-state index in [4.69, 9.17) is 0 Å². The molecular formula is C17H27N3. The molecule has 0 amide bonds.